The minimum Gasteiger partial charge on any atom is -0.339 e. The van der Waals surface area contributed by atoms with Crippen molar-refractivity contribution in [1.29, 1.82) is 0 Å². The third-order valence-corrected chi connectivity index (χ3v) is 5.20. The molecule has 2 amide bonds. The number of hydrogen-bond acceptors (Lipinski definition) is 6. The number of anilines is 1. The Kier molecular flexibility index (Phi) is 6.33. The zero-order chi connectivity index (χ0) is 20.1. The molecule has 0 aliphatic rings. The number of hydrogen-bond donors (Lipinski definition) is 1. The van der Waals surface area contributed by atoms with Crippen LogP contribution < -0.4 is 5.32 Å². The van der Waals surface area contributed by atoms with Gasteiger partial charge >= 0.3 is 0 Å². The summed E-state index contributed by atoms with van der Waals surface area (Å²) >= 11 is 7.58. The molecule has 0 atom stereocenters. The standard InChI is InChI=1S/C19H18ClN5O2S/c1-3-25(4-2)19(27)13-6-5-12(9-14(13)20)23-17(26)16-11-28-18(24-16)15-10-21-7-8-22-15/h5-11H,3-4H2,1-2H3,(H,23,26). The number of aromatic nitrogens is 3. The molecule has 3 aromatic rings. The summed E-state index contributed by atoms with van der Waals surface area (Å²) in [4.78, 5) is 39.1. The fourth-order valence-corrected chi connectivity index (χ4v) is 3.57. The minimum absolute atomic E-state index is 0.138. The van der Waals surface area contributed by atoms with E-state index in [1.54, 1.807) is 47.1 Å². The molecular weight excluding hydrogens is 398 g/mol. The van der Waals surface area contributed by atoms with Crippen molar-refractivity contribution in [2.45, 2.75) is 13.8 Å². The van der Waals surface area contributed by atoms with E-state index in [1.807, 2.05) is 13.8 Å². The Balaban J connectivity index is 1.74. The van der Waals surface area contributed by atoms with Crippen LogP contribution >= 0.6 is 22.9 Å². The maximum atomic E-state index is 12.5. The van der Waals surface area contributed by atoms with Crippen LogP contribution in [0.4, 0.5) is 5.69 Å². The first-order valence-corrected chi connectivity index (χ1v) is 9.91. The van der Waals surface area contributed by atoms with Gasteiger partial charge in [0.2, 0.25) is 0 Å². The van der Waals surface area contributed by atoms with Crippen molar-refractivity contribution >= 4 is 40.4 Å². The second-order valence-corrected chi connectivity index (χ2v) is 7.02. The van der Waals surface area contributed by atoms with Crippen LogP contribution in [-0.4, -0.2) is 44.8 Å². The Labute approximate surface area is 171 Å². The predicted octanol–water partition coefficient (Wildman–Crippen LogP) is 3.99. The molecule has 0 saturated heterocycles. The van der Waals surface area contributed by atoms with E-state index in [-0.39, 0.29) is 22.5 Å². The maximum Gasteiger partial charge on any atom is 0.275 e. The van der Waals surface area contributed by atoms with Gasteiger partial charge < -0.3 is 10.2 Å². The highest BCUT2D eigenvalue weighted by Crippen LogP contribution is 2.24. The highest BCUT2D eigenvalue weighted by molar-refractivity contribution is 7.13. The number of carbonyl (C=O) groups is 2. The van der Waals surface area contributed by atoms with Crippen molar-refractivity contribution in [3.63, 3.8) is 0 Å². The van der Waals surface area contributed by atoms with Crippen LogP contribution in [-0.2, 0) is 0 Å². The Morgan fingerprint density at radius 1 is 1.21 bits per heavy atom. The molecule has 0 aliphatic heterocycles. The van der Waals surface area contributed by atoms with Crippen LogP contribution in [0.1, 0.15) is 34.7 Å². The molecule has 0 aliphatic carbocycles. The van der Waals surface area contributed by atoms with Gasteiger partial charge in [-0.1, -0.05) is 11.6 Å². The van der Waals surface area contributed by atoms with Crippen LogP contribution in [0.25, 0.3) is 10.7 Å². The molecule has 28 heavy (non-hydrogen) atoms. The molecule has 0 bridgehead atoms. The van der Waals surface area contributed by atoms with Crippen molar-refractivity contribution in [2.75, 3.05) is 18.4 Å². The average Bonchev–Trinajstić information content (AvgIpc) is 3.20. The van der Waals surface area contributed by atoms with Gasteiger partial charge in [-0.15, -0.1) is 11.3 Å². The Morgan fingerprint density at radius 2 is 2.00 bits per heavy atom. The van der Waals surface area contributed by atoms with E-state index in [0.717, 1.165) is 0 Å². The number of halogens is 1. The first-order chi connectivity index (χ1) is 13.5. The monoisotopic (exact) mass is 415 g/mol. The Bertz CT molecular complexity index is 989. The number of benzene rings is 1. The van der Waals surface area contributed by atoms with E-state index in [2.05, 4.69) is 20.3 Å². The zero-order valence-corrected chi connectivity index (χ0v) is 16.9. The van der Waals surface area contributed by atoms with Gasteiger partial charge in [0, 0.05) is 36.6 Å². The first-order valence-electron chi connectivity index (χ1n) is 8.65. The molecule has 0 unspecified atom stereocenters. The third kappa shape index (κ3) is 4.35. The van der Waals surface area contributed by atoms with E-state index >= 15 is 0 Å². The van der Waals surface area contributed by atoms with Gasteiger partial charge in [-0.3, -0.25) is 19.6 Å². The highest BCUT2D eigenvalue weighted by Gasteiger charge is 2.17. The van der Waals surface area contributed by atoms with E-state index in [9.17, 15) is 9.59 Å². The summed E-state index contributed by atoms with van der Waals surface area (Å²) in [6, 6.07) is 4.83. The molecule has 0 radical (unpaired) electrons. The highest BCUT2D eigenvalue weighted by atomic mass is 35.5. The summed E-state index contributed by atoms with van der Waals surface area (Å²) in [5.41, 5.74) is 1.76. The summed E-state index contributed by atoms with van der Waals surface area (Å²) in [7, 11) is 0. The fourth-order valence-electron chi connectivity index (χ4n) is 2.55. The minimum atomic E-state index is -0.370. The van der Waals surface area contributed by atoms with Crippen LogP contribution in [0, 0.1) is 0 Å². The molecule has 1 N–H and O–H groups in total. The molecule has 9 heteroatoms. The molecular formula is C19H18ClN5O2S. The number of amides is 2. The molecule has 0 saturated carbocycles. The van der Waals surface area contributed by atoms with Crippen molar-refractivity contribution < 1.29 is 9.59 Å². The first kappa shape index (κ1) is 19.9. The Morgan fingerprint density at radius 3 is 2.64 bits per heavy atom. The summed E-state index contributed by atoms with van der Waals surface area (Å²) in [6.07, 6.45) is 4.73. The second-order valence-electron chi connectivity index (χ2n) is 5.75. The molecule has 2 aromatic heterocycles. The summed E-state index contributed by atoms with van der Waals surface area (Å²) in [5.74, 6) is -0.508. The summed E-state index contributed by atoms with van der Waals surface area (Å²) in [6.45, 7) is 5.02. The largest absolute Gasteiger partial charge is 0.339 e. The molecule has 7 nitrogen and oxygen atoms in total. The van der Waals surface area contributed by atoms with E-state index in [4.69, 9.17) is 11.6 Å². The molecule has 0 fully saturated rings. The summed E-state index contributed by atoms with van der Waals surface area (Å²) in [5, 5.41) is 5.29. The second kappa shape index (κ2) is 8.90. The number of nitrogens with zero attached hydrogens (tertiary/aromatic N) is 4. The van der Waals surface area contributed by atoms with Gasteiger partial charge in [-0.25, -0.2) is 4.98 Å². The lowest BCUT2D eigenvalue weighted by Gasteiger charge is -2.19. The number of nitrogens with one attached hydrogen (secondary N) is 1. The summed E-state index contributed by atoms with van der Waals surface area (Å²) < 4.78 is 0. The SMILES string of the molecule is CCN(CC)C(=O)c1ccc(NC(=O)c2csc(-c3cnccn3)n2)cc1Cl. The van der Waals surface area contributed by atoms with E-state index in [0.29, 0.717) is 35.0 Å². The van der Waals surface area contributed by atoms with Gasteiger partial charge in [-0.2, -0.15) is 0 Å². The smallest absolute Gasteiger partial charge is 0.275 e. The van der Waals surface area contributed by atoms with Crippen LogP contribution in [0.3, 0.4) is 0 Å². The van der Waals surface area contributed by atoms with Gasteiger partial charge in [0.25, 0.3) is 11.8 Å². The quantitative estimate of drug-likeness (QED) is 0.657. The van der Waals surface area contributed by atoms with Crippen LogP contribution in [0.15, 0.2) is 42.2 Å². The van der Waals surface area contributed by atoms with Crippen molar-refractivity contribution in [1.82, 2.24) is 19.9 Å². The van der Waals surface area contributed by atoms with Gasteiger partial charge in [-0.05, 0) is 32.0 Å². The van der Waals surface area contributed by atoms with Gasteiger partial charge in [0.05, 0.1) is 16.8 Å². The fraction of sp³-hybridized carbons (Fsp3) is 0.211. The number of rotatable bonds is 6. The van der Waals surface area contributed by atoms with E-state index in [1.165, 1.54) is 11.3 Å². The zero-order valence-electron chi connectivity index (χ0n) is 15.3. The molecule has 2 heterocycles. The van der Waals surface area contributed by atoms with Crippen molar-refractivity contribution in [3.05, 3.63) is 58.4 Å². The Hall–Kier alpha value is -2.84. The van der Waals surface area contributed by atoms with Crippen molar-refractivity contribution in [3.8, 4) is 10.7 Å². The molecule has 1 aromatic carbocycles. The lowest BCUT2D eigenvalue weighted by molar-refractivity contribution is 0.0773. The predicted molar refractivity (Wildman–Crippen MR) is 110 cm³/mol. The molecule has 3 rings (SSSR count). The van der Waals surface area contributed by atoms with E-state index < -0.39 is 0 Å². The van der Waals surface area contributed by atoms with Crippen LogP contribution in [0.5, 0.6) is 0 Å². The molecule has 144 valence electrons. The van der Waals surface area contributed by atoms with Crippen molar-refractivity contribution in [2.24, 2.45) is 0 Å². The van der Waals surface area contributed by atoms with Crippen LogP contribution in [0.2, 0.25) is 5.02 Å². The average molecular weight is 416 g/mol. The normalized spacial score (nSPS) is 10.5. The number of carbonyl (C=O) groups excluding carboxylic acids is 2. The number of thiazole rings is 1. The third-order valence-electron chi connectivity index (χ3n) is 4.03. The topological polar surface area (TPSA) is 88.1 Å². The van der Waals surface area contributed by atoms with Gasteiger partial charge in [0.15, 0.2) is 0 Å². The van der Waals surface area contributed by atoms with Gasteiger partial charge in [0.1, 0.15) is 16.4 Å². The lowest BCUT2D eigenvalue weighted by Crippen LogP contribution is -2.30. The lowest BCUT2D eigenvalue weighted by atomic mass is 10.1. The molecule has 0 spiro atoms. The maximum absolute atomic E-state index is 12.5.